The standard InChI is InChI=1S/C19H23N5O/c1-13-11-15(12-24(13)16-7-8-16)20-18-10-9-17(22-23-18)19(25)21-14-5-3-2-4-6-14/h2-6,9-10,13,15-16H,7-8,11-12H2,1H3,(H,20,23)(H,21,25). The van der Waals surface area contributed by atoms with E-state index in [0.717, 1.165) is 30.5 Å². The molecule has 0 bridgehead atoms. The zero-order valence-corrected chi connectivity index (χ0v) is 14.4. The van der Waals surface area contributed by atoms with E-state index in [0.29, 0.717) is 17.8 Å². The third kappa shape index (κ3) is 3.79. The van der Waals surface area contributed by atoms with Crippen LogP contribution < -0.4 is 10.6 Å². The summed E-state index contributed by atoms with van der Waals surface area (Å²) in [5.41, 5.74) is 1.06. The molecule has 1 amide bonds. The molecule has 2 aromatic rings. The van der Waals surface area contributed by atoms with Crippen LogP contribution in [0, 0.1) is 0 Å². The molecule has 2 heterocycles. The quantitative estimate of drug-likeness (QED) is 0.878. The summed E-state index contributed by atoms with van der Waals surface area (Å²) in [5.74, 6) is 0.478. The van der Waals surface area contributed by atoms with Crippen LogP contribution in [0.4, 0.5) is 11.5 Å². The van der Waals surface area contributed by atoms with Crippen molar-refractivity contribution in [2.75, 3.05) is 17.2 Å². The average molecular weight is 337 g/mol. The summed E-state index contributed by atoms with van der Waals surface area (Å²) in [7, 11) is 0. The lowest BCUT2D eigenvalue weighted by Crippen LogP contribution is -2.31. The van der Waals surface area contributed by atoms with Crippen molar-refractivity contribution in [1.29, 1.82) is 0 Å². The molecular weight excluding hydrogens is 314 g/mol. The van der Waals surface area contributed by atoms with Crippen molar-refractivity contribution in [3.8, 4) is 0 Å². The number of hydrogen-bond donors (Lipinski definition) is 2. The third-order valence-electron chi connectivity index (χ3n) is 4.92. The van der Waals surface area contributed by atoms with E-state index in [1.165, 1.54) is 12.8 Å². The molecule has 1 saturated carbocycles. The Morgan fingerprint density at radius 1 is 1.12 bits per heavy atom. The predicted octanol–water partition coefficient (Wildman–Crippen LogP) is 2.77. The first kappa shape index (κ1) is 16.0. The first-order valence-corrected chi connectivity index (χ1v) is 8.91. The Morgan fingerprint density at radius 2 is 1.92 bits per heavy atom. The Labute approximate surface area is 147 Å². The molecule has 2 fully saturated rings. The lowest BCUT2D eigenvalue weighted by Gasteiger charge is -2.19. The van der Waals surface area contributed by atoms with Crippen LogP contribution in [0.2, 0.25) is 0 Å². The molecule has 0 radical (unpaired) electrons. The van der Waals surface area contributed by atoms with Gasteiger partial charge in [-0.1, -0.05) is 18.2 Å². The molecular formula is C19H23N5O. The predicted molar refractivity (Wildman–Crippen MR) is 97.6 cm³/mol. The van der Waals surface area contributed by atoms with Crippen LogP contribution in [0.1, 0.15) is 36.7 Å². The lowest BCUT2D eigenvalue weighted by atomic mass is 10.2. The molecule has 2 unspecified atom stereocenters. The third-order valence-corrected chi connectivity index (χ3v) is 4.92. The molecule has 1 aliphatic heterocycles. The maximum atomic E-state index is 12.2. The molecule has 1 saturated heterocycles. The van der Waals surface area contributed by atoms with Gasteiger partial charge in [0.15, 0.2) is 5.69 Å². The Morgan fingerprint density at radius 3 is 2.60 bits per heavy atom. The molecule has 6 heteroatoms. The minimum atomic E-state index is -0.250. The number of rotatable bonds is 5. The molecule has 0 spiro atoms. The molecule has 2 aliphatic rings. The van der Waals surface area contributed by atoms with Gasteiger partial charge in [0.1, 0.15) is 5.82 Å². The maximum absolute atomic E-state index is 12.2. The van der Waals surface area contributed by atoms with Gasteiger partial charge in [-0.05, 0) is 50.5 Å². The van der Waals surface area contributed by atoms with E-state index < -0.39 is 0 Å². The Hall–Kier alpha value is -2.47. The summed E-state index contributed by atoms with van der Waals surface area (Å²) < 4.78 is 0. The zero-order chi connectivity index (χ0) is 17.2. The Kier molecular flexibility index (Phi) is 4.36. The number of hydrogen-bond acceptors (Lipinski definition) is 5. The normalized spacial score (nSPS) is 23.4. The average Bonchev–Trinajstić information content (AvgIpc) is 3.40. The topological polar surface area (TPSA) is 70.1 Å². The van der Waals surface area contributed by atoms with Gasteiger partial charge in [0.05, 0.1) is 0 Å². The summed E-state index contributed by atoms with van der Waals surface area (Å²) >= 11 is 0. The van der Waals surface area contributed by atoms with Crippen LogP contribution in [-0.2, 0) is 0 Å². The molecule has 130 valence electrons. The number of benzene rings is 1. The number of anilines is 2. The number of aromatic nitrogens is 2. The van der Waals surface area contributed by atoms with Gasteiger partial charge in [-0.3, -0.25) is 9.69 Å². The highest BCUT2D eigenvalue weighted by atomic mass is 16.1. The summed E-state index contributed by atoms with van der Waals surface area (Å²) in [6.07, 6.45) is 3.79. The summed E-state index contributed by atoms with van der Waals surface area (Å²) in [5, 5.41) is 14.5. The zero-order valence-electron chi connectivity index (χ0n) is 14.4. The number of para-hydroxylation sites is 1. The fourth-order valence-electron chi connectivity index (χ4n) is 3.53. The molecule has 1 aliphatic carbocycles. The summed E-state index contributed by atoms with van der Waals surface area (Å²) in [4.78, 5) is 14.8. The second-order valence-corrected chi connectivity index (χ2v) is 6.98. The Bertz CT molecular complexity index is 729. The van der Waals surface area contributed by atoms with Gasteiger partial charge >= 0.3 is 0 Å². The summed E-state index contributed by atoms with van der Waals surface area (Å²) in [6.45, 7) is 3.35. The smallest absolute Gasteiger partial charge is 0.276 e. The van der Waals surface area contributed by atoms with Crippen molar-refractivity contribution in [2.45, 2.75) is 44.3 Å². The highest BCUT2D eigenvalue weighted by Crippen LogP contribution is 2.33. The molecule has 2 N–H and O–H groups in total. The number of likely N-dealkylation sites (tertiary alicyclic amines) is 1. The van der Waals surface area contributed by atoms with Gasteiger partial charge in [0, 0.05) is 30.4 Å². The maximum Gasteiger partial charge on any atom is 0.276 e. The van der Waals surface area contributed by atoms with Crippen molar-refractivity contribution in [2.24, 2.45) is 0 Å². The largest absolute Gasteiger partial charge is 0.365 e. The first-order chi connectivity index (χ1) is 12.2. The van der Waals surface area contributed by atoms with E-state index in [-0.39, 0.29) is 5.91 Å². The van der Waals surface area contributed by atoms with E-state index in [9.17, 15) is 4.79 Å². The minimum absolute atomic E-state index is 0.250. The monoisotopic (exact) mass is 337 g/mol. The van der Waals surface area contributed by atoms with Gasteiger partial charge in [0.25, 0.3) is 5.91 Å². The van der Waals surface area contributed by atoms with Gasteiger partial charge in [-0.25, -0.2) is 0 Å². The lowest BCUT2D eigenvalue weighted by molar-refractivity contribution is 0.102. The fraction of sp³-hybridized carbons (Fsp3) is 0.421. The summed E-state index contributed by atoms with van der Waals surface area (Å²) in [6, 6.07) is 14.7. The van der Waals surface area contributed by atoms with E-state index in [1.54, 1.807) is 6.07 Å². The SMILES string of the molecule is CC1CC(Nc2ccc(C(=O)Nc3ccccc3)nn2)CN1C1CC1. The molecule has 4 rings (SSSR count). The van der Waals surface area contributed by atoms with Crippen LogP contribution in [0.25, 0.3) is 0 Å². The first-order valence-electron chi connectivity index (χ1n) is 8.91. The van der Waals surface area contributed by atoms with Crippen LogP contribution in [0.3, 0.4) is 0 Å². The molecule has 1 aromatic heterocycles. The molecule has 6 nitrogen and oxygen atoms in total. The van der Waals surface area contributed by atoms with Crippen molar-refractivity contribution >= 4 is 17.4 Å². The van der Waals surface area contributed by atoms with Gasteiger partial charge in [0.2, 0.25) is 0 Å². The van der Waals surface area contributed by atoms with Gasteiger partial charge < -0.3 is 10.6 Å². The number of carbonyl (C=O) groups is 1. The molecule has 2 atom stereocenters. The van der Waals surface area contributed by atoms with E-state index >= 15 is 0 Å². The highest BCUT2D eigenvalue weighted by molar-refractivity contribution is 6.02. The highest BCUT2D eigenvalue weighted by Gasteiger charge is 2.38. The van der Waals surface area contributed by atoms with Crippen LogP contribution in [0.5, 0.6) is 0 Å². The van der Waals surface area contributed by atoms with Crippen LogP contribution in [-0.4, -0.2) is 45.7 Å². The van der Waals surface area contributed by atoms with Crippen LogP contribution >= 0.6 is 0 Å². The minimum Gasteiger partial charge on any atom is -0.365 e. The second kappa shape index (κ2) is 6.80. The number of nitrogens with one attached hydrogen (secondary N) is 2. The number of carbonyl (C=O) groups excluding carboxylic acids is 1. The van der Waals surface area contributed by atoms with E-state index in [4.69, 9.17) is 0 Å². The van der Waals surface area contributed by atoms with Gasteiger partial charge in [-0.15, -0.1) is 10.2 Å². The van der Waals surface area contributed by atoms with Crippen molar-refractivity contribution in [3.63, 3.8) is 0 Å². The molecule has 25 heavy (non-hydrogen) atoms. The Balaban J connectivity index is 1.35. The second-order valence-electron chi connectivity index (χ2n) is 6.98. The van der Waals surface area contributed by atoms with Gasteiger partial charge in [-0.2, -0.15) is 0 Å². The fourth-order valence-corrected chi connectivity index (χ4v) is 3.53. The van der Waals surface area contributed by atoms with Crippen molar-refractivity contribution < 1.29 is 4.79 Å². The van der Waals surface area contributed by atoms with Crippen molar-refractivity contribution in [1.82, 2.24) is 15.1 Å². The van der Waals surface area contributed by atoms with Crippen molar-refractivity contribution in [3.05, 3.63) is 48.2 Å². The number of amides is 1. The van der Waals surface area contributed by atoms with E-state index in [1.807, 2.05) is 36.4 Å². The van der Waals surface area contributed by atoms with Crippen LogP contribution in [0.15, 0.2) is 42.5 Å². The molecule has 1 aromatic carbocycles. The van der Waals surface area contributed by atoms with E-state index in [2.05, 4.69) is 32.7 Å². The number of nitrogens with zero attached hydrogens (tertiary/aromatic N) is 3.